The SMILES string of the molecule is CC(C)(C)c1n[nH]c(C(N)c2ccc(Cl)cc2)n1. The maximum atomic E-state index is 6.15. The van der Waals surface area contributed by atoms with Gasteiger partial charge < -0.3 is 5.73 Å². The van der Waals surface area contributed by atoms with Crippen molar-refractivity contribution < 1.29 is 0 Å². The standard InChI is InChI=1S/C13H17ClN4/c1-13(2,3)12-16-11(17-18-12)10(15)8-4-6-9(14)7-5-8/h4-7,10H,15H2,1-3H3,(H,16,17,18). The molecule has 1 aromatic carbocycles. The Bertz CT molecular complexity index is 525. The van der Waals surface area contributed by atoms with Gasteiger partial charge in [0, 0.05) is 10.4 Å². The number of hydrogen-bond donors (Lipinski definition) is 2. The smallest absolute Gasteiger partial charge is 0.156 e. The largest absolute Gasteiger partial charge is 0.318 e. The van der Waals surface area contributed by atoms with Crippen LogP contribution in [0.5, 0.6) is 0 Å². The van der Waals surface area contributed by atoms with E-state index in [1.54, 1.807) is 0 Å². The van der Waals surface area contributed by atoms with E-state index in [1.807, 2.05) is 24.3 Å². The molecule has 4 nitrogen and oxygen atoms in total. The Labute approximate surface area is 112 Å². The Morgan fingerprint density at radius 1 is 1.22 bits per heavy atom. The van der Waals surface area contributed by atoms with Crippen LogP contribution in [0.3, 0.4) is 0 Å². The summed E-state index contributed by atoms with van der Waals surface area (Å²) in [5.41, 5.74) is 7.01. The summed E-state index contributed by atoms with van der Waals surface area (Å²) in [4.78, 5) is 4.46. The molecule has 96 valence electrons. The molecule has 1 aromatic heterocycles. The van der Waals surface area contributed by atoms with Crippen molar-refractivity contribution in [1.29, 1.82) is 0 Å². The average molecular weight is 265 g/mol. The van der Waals surface area contributed by atoms with Gasteiger partial charge in [-0.15, -0.1) is 0 Å². The predicted molar refractivity (Wildman–Crippen MR) is 72.6 cm³/mol. The molecule has 0 aliphatic carbocycles. The number of benzene rings is 1. The number of H-pyrrole nitrogens is 1. The molecular weight excluding hydrogens is 248 g/mol. The molecule has 5 heteroatoms. The van der Waals surface area contributed by atoms with E-state index in [0.29, 0.717) is 10.8 Å². The molecule has 0 fully saturated rings. The first-order valence-corrected chi connectivity index (χ1v) is 6.19. The van der Waals surface area contributed by atoms with Crippen LogP contribution in [0, 0.1) is 0 Å². The molecule has 3 N–H and O–H groups in total. The molecule has 2 aromatic rings. The van der Waals surface area contributed by atoms with Gasteiger partial charge in [-0.25, -0.2) is 4.98 Å². The van der Waals surface area contributed by atoms with E-state index in [2.05, 4.69) is 36.0 Å². The maximum Gasteiger partial charge on any atom is 0.156 e. The van der Waals surface area contributed by atoms with Gasteiger partial charge in [-0.3, -0.25) is 5.10 Å². The molecule has 0 aliphatic rings. The van der Waals surface area contributed by atoms with Crippen LogP contribution < -0.4 is 5.73 Å². The fourth-order valence-corrected chi connectivity index (χ4v) is 1.70. The van der Waals surface area contributed by atoms with Crippen molar-refractivity contribution in [2.75, 3.05) is 0 Å². The zero-order valence-corrected chi connectivity index (χ0v) is 11.5. The van der Waals surface area contributed by atoms with E-state index in [0.717, 1.165) is 11.4 Å². The molecule has 1 atom stereocenters. The molecule has 0 saturated carbocycles. The number of halogens is 1. The molecule has 18 heavy (non-hydrogen) atoms. The minimum atomic E-state index is -0.314. The normalized spacial score (nSPS) is 13.6. The van der Waals surface area contributed by atoms with Crippen molar-refractivity contribution in [2.24, 2.45) is 5.73 Å². The number of nitrogens with zero attached hydrogens (tertiary/aromatic N) is 2. The summed E-state index contributed by atoms with van der Waals surface area (Å²) in [5.74, 6) is 1.43. The molecule has 1 heterocycles. The lowest BCUT2D eigenvalue weighted by Gasteiger charge is -2.12. The van der Waals surface area contributed by atoms with Gasteiger partial charge in [0.25, 0.3) is 0 Å². The summed E-state index contributed by atoms with van der Waals surface area (Å²) < 4.78 is 0. The predicted octanol–water partition coefficient (Wildman–Crippen LogP) is 2.80. The molecule has 0 saturated heterocycles. The molecule has 0 radical (unpaired) electrons. The van der Waals surface area contributed by atoms with E-state index in [4.69, 9.17) is 17.3 Å². The van der Waals surface area contributed by atoms with Crippen molar-refractivity contribution in [3.05, 3.63) is 46.5 Å². The second-order valence-corrected chi connectivity index (χ2v) is 5.76. The molecule has 0 spiro atoms. The molecule has 0 aliphatic heterocycles. The first kappa shape index (κ1) is 13.1. The maximum absolute atomic E-state index is 6.15. The van der Waals surface area contributed by atoms with Crippen molar-refractivity contribution in [2.45, 2.75) is 32.2 Å². The van der Waals surface area contributed by atoms with Crippen LogP contribution >= 0.6 is 11.6 Å². The van der Waals surface area contributed by atoms with Gasteiger partial charge in [-0.05, 0) is 17.7 Å². The quantitative estimate of drug-likeness (QED) is 0.876. The van der Waals surface area contributed by atoms with Gasteiger partial charge in [0.15, 0.2) is 5.82 Å². The van der Waals surface area contributed by atoms with Crippen LogP contribution in [0.4, 0.5) is 0 Å². The third kappa shape index (κ3) is 2.71. The first-order valence-electron chi connectivity index (χ1n) is 5.82. The van der Waals surface area contributed by atoms with Crippen molar-refractivity contribution in [3.63, 3.8) is 0 Å². The second kappa shape index (κ2) is 4.71. The second-order valence-electron chi connectivity index (χ2n) is 5.32. The molecule has 0 bridgehead atoms. The highest BCUT2D eigenvalue weighted by Gasteiger charge is 2.21. The van der Waals surface area contributed by atoms with Gasteiger partial charge >= 0.3 is 0 Å². The van der Waals surface area contributed by atoms with E-state index >= 15 is 0 Å². The summed E-state index contributed by atoms with van der Waals surface area (Å²) in [6.45, 7) is 6.19. The highest BCUT2D eigenvalue weighted by atomic mass is 35.5. The number of aromatic nitrogens is 3. The average Bonchev–Trinajstić information content (AvgIpc) is 2.78. The molecular formula is C13H17ClN4. The lowest BCUT2D eigenvalue weighted by Crippen LogP contribution is -2.15. The Hall–Kier alpha value is -1.39. The fourth-order valence-electron chi connectivity index (χ4n) is 1.58. The topological polar surface area (TPSA) is 67.6 Å². The number of nitrogens with one attached hydrogen (secondary N) is 1. The van der Waals surface area contributed by atoms with Gasteiger partial charge in [0.05, 0.1) is 6.04 Å². The van der Waals surface area contributed by atoms with Gasteiger partial charge in [0.1, 0.15) is 5.82 Å². The minimum Gasteiger partial charge on any atom is -0.318 e. The van der Waals surface area contributed by atoms with E-state index in [1.165, 1.54) is 0 Å². The number of rotatable bonds is 2. The number of nitrogens with two attached hydrogens (primary N) is 1. The number of hydrogen-bond acceptors (Lipinski definition) is 3. The van der Waals surface area contributed by atoms with Gasteiger partial charge in [-0.2, -0.15) is 5.10 Å². The summed E-state index contributed by atoms with van der Waals surface area (Å²) in [7, 11) is 0. The van der Waals surface area contributed by atoms with Gasteiger partial charge in [-0.1, -0.05) is 44.5 Å². The van der Waals surface area contributed by atoms with Crippen LogP contribution in [0.25, 0.3) is 0 Å². The van der Waals surface area contributed by atoms with Crippen molar-refractivity contribution in [3.8, 4) is 0 Å². The fraction of sp³-hybridized carbons (Fsp3) is 0.385. The third-order valence-electron chi connectivity index (χ3n) is 2.70. The Morgan fingerprint density at radius 2 is 1.83 bits per heavy atom. The summed E-state index contributed by atoms with van der Waals surface area (Å²) in [6.07, 6.45) is 0. The number of aromatic amines is 1. The molecule has 0 amide bonds. The summed E-state index contributed by atoms with van der Waals surface area (Å²) >= 11 is 5.85. The zero-order chi connectivity index (χ0) is 13.3. The van der Waals surface area contributed by atoms with Crippen molar-refractivity contribution in [1.82, 2.24) is 15.2 Å². The molecule has 1 unspecified atom stereocenters. The van der Waals surface area contributed by atoms with Crippen LogP contribution in [-0.2, 0) is 5.41 Å². The van der Waals surface area contributed by atoms with E-state index < -0.39 is 0 Å². The highest BCUT2D eigenvalue weighted by molar-refractivity contribution is 6.30. The highest BCUT2D eigenvalue weighted by Crippen LogP contribution is 2.22. The Morgan fingerprint density at radius 3 is 2.33 bits per heavy atom. The van der Waals surface area contributed by atoms with Crippen LogP contribution in [0.1, 0.15) is 44.0 Å². The lowest BCUT2D eigenvalue weighted by molar-refractivity contribution is 0.547. The van der Waals surface area contributed by atoms with Gasteiger partial charge in [0.2, 0.25) is 0 Å². The van der Waals surface area contributed by atoms with E-state index in [-0.39, 0.29) is 11.5 Å². The minimum absolute atomic E-state index is 0.0888. The monoisotopic (exact) mass is 264 g/mol. The Kier molecular flexibility index (Phi) is 3.41. The van der Waals surface area contributed by atoms with E-state index in [9.17, 15) is 0 Å². The Balaban J connectivity index is 2.26. The van der Waals surface area contributed by atoms with Crippen LogP contribution in [0.15, 0.2) is 24.3 Å². The first-order chi connectivity index (χ1) is 8.38. The summed E-state index contributed by atoms with van der Waals surface area (Å²) in [5, 5.41) is 7.81. The molecule has 2 rings (SSSR count). The summed E-state index contributed by atoms with van der Waals surface area (Å²) in [6, 6.07) is 7.11. The van der Waals surface area contributed by atoms with Crippen LogP contribution in [0.2, 0.25) is 5.02 Å². The van der Waals surface area contributed by atoms with Crippen molar-refractivity contribution >= 4 is 11.6 Å². The third-order valence-corrected chi connectivity index (χ3v) is 2.95. The lowest BCUT2D eigenvalue weighted by atomic mass is 9.96. The van der Waals surface area contributed by atoms with Crippen LogP contribution in [-0.4, -0.2) is 15.2 Å². The zero-order valence-electron chi connectivity index (χ0n) is 10.7.